The van der Waals surface area contributed by atoms with Gasteiger partial charge in [-0.25, -0.2) is 10.8 Å². The molecule has 20 heavy (non-hydrogen) atoms. The van der Waals surface area contributed by atoms with Crippen LogP contribution < -0.4 is 16.0 Å². The van der Waals surface area contributed by atoms with E-state index in [4.69, 9.17) is 10.6 Å². The molecule has 3 rings (SSSR count). The number of nitrogen functional groups attached to an aromatic ring is 1. The third-order valence-electron chi connectivity index (χ3n) is 2.90. The van der Waals surface area contributed by atoms with E-state index in [-0.39, 0.29) is 0 Å². The van der Waals surface area contributed by atoms with E-state index in [1.54, 1.807) is 6.07 Å². The summed E-state index contributed by atoms with van der Waals surface area (Å²) in [6.07, 6.45) is 0. The Kier molecular flexibility index (Phi) is 3.18. The van der Waals surface area contributed by atoms with Crippen LogP contribution in [0.3, 0.4) is 0 Å². The molecule has 0 fully saturated rings. The Morgan fingerprint density at radius 2 is 1.80 bits per heavy atom. The minimum atomic E-state index is 0.334. The molecule has 100 valence electrons. The van der Waals surface area contributed by atoms with Gasteiger partial charge in [0, 0.05) is 11.8 Å². The molecule has 1 heterocycles. The molecule has 0 atom stereocenters. The number of hydrogen-bond donors (Lipinski definition) is 2. The number of fused-ring (bicyclic) bond motifs is 1. The van der Waals surface area contributed by atoms with Gasteiger partial charge in [-0.1, -0.05) is 30.3 Å². The molecule has 0 spiro atoms. The predicted molar refractivity (Wildman–Crippen MR) is 78.6 cm³/mol. The van der Waals surface area contributed by atoms with E-state index in [0.717, 1.165) is 16.8 Å². The van der Waals surface area contributed by atoms with Gasteiger partial charge in [0.25, 0.3) is 0 Å². The first-order valence-corrected chi connectivity index (χ1v) is 6.23. The number of benzene rings is 2. The van der Waals surface area contributed by atoms with E-state index in [9.17, 15) is 0 Å². The second kappa shape index (κ2) is 5.14. The number of nitrogens with one attached hydrogen (secondary N) is 1. The highest BCUT2D eigenvalue weighted by molar-refractivity contribution is 5.83. The summed E-state index contributed by atoms with van der Waals surface area (Å²) < 4.78 is 5.76. The van der Waals surface area contributed by atoms with Crippen molar-refractivity contribution in [1.82, 2.24) is 9.97 Å². The standard InChI is InChI=1S/C15H14N4O/c1-10-8-14(18-15(17-10)19-16)20-13-7-6-11-4-2-3-5-12(11)9-13/h2-9H,16H2,1H3,(H,17,18,19). The van der Waals surface area contributed by atoms with E-state index < -0.39 is 0 Å². The van der Waals surface area contributed by atoms with E-state index in [1.807, 2.05) is 43.3 Å². The third kappa shape index (κ3) is 2.53. The zero-order valence-corrected chi connectivity index (χ0v) is 11.0. The van der Waals surface area contributed by atoms with Crippen molar-refractivity contribution in [3.05, 3.63) is 54.2 Å². The van der Waals surface area contributed by atoms with Crippen LogP contribution in [0.2, 0.25) is 0 Å². The number of hydrazine groups is 1. The molecular weight excluding hydrogens is 252 g/mol. The number of nitrogens with zero attached hydrogens (tertiary/aromatic N) is 2. The van der Waals surface area contributed by atoms with Crippen LogP contribution in [-0.4, -0.2) is 9.97 Å². The van der Waals surface area contributed by atoms with Gasteiger partial charge in [-0.15, -0.1) is 0 Å². The Morgan fingerprint density at radius 3 is 2.60 bits per heavy atom. The maximum atomic E-state index is 5.76. The lowest BCUT2D eigenvalue weighted by Gasteiger charge is -2.08. The zero-order valence-electron chi connectivity index (χ0n) is 11.0. The zero-order chi connectivity index (χ0) is 13.9. The topological polar surface area (TPSA) is 73.1 Å². The lowest BCUT2D eigenvalue weighted by molar-refractivity contribution is 0.462. The summed E-state index contributed by atoms with van der Waals surface area (Å²) in [5.41, 5.74) is 3.20. The van der Waals surface area contributed by atoms with Crippen molar-refractivity contribution in [3.8, 4) is 11.6 Å². The average molecular weight is 266 g/mol. The summed E-state index contributed by atoms with van der Waals surface area (Å²) in [6, 6.07) is 15.8. The summed E-state index contributed by atoms with van der Waals surface area (Å²) in [6.45, 7) is 1.86. The van der Waals surface area contributed by atoms with Gasteiger partial charge in [0.1, 0.15) is 5.75 Å². The van der Waals surface area contributed by atoms with Gasteiger partial charge in [0.05, 0.1) is 0 Å². The summed E-state index contributed by atoms with van der Waals surface area (Å²) in [5.74, 6) is 6.84. The Morgan fingerprint density at radius 1 is 1.00 bits per heavy atom. The smallest absolute Gasteiger partial charge is 0.240 e. The lowest BCUT2D eigenvalue weighted by Crippen LogP contribution is -2.11. The van der Waals surface area contributed by atoms with Gasteiger partial charge in [-0.2, -0.15) is 4.98 Å². The molecule has 0 saturated heterocycles. The molecule has 1 aromatic heterocycles. The van der Waals surface area contributed by atoms with Crippen LogP contribution in [0, 0.1) is 6.92 Å². The van der Waals surface area contributed by atoms with Crippen molar-refractivity contribution in [1.29, 1.82) is 0 Å². The first kappa shape index (κ1) is 12.4. The van der Waals surface area contributed by atoms with Crippen LogP contribution in [0.1, 0.15) is 5.69 Å². The van der Waals surface area contributed by atoms with Gasteiger partial charge >= 0.3 is 0 Å². The SMILES string of the molecule is Cc1cc(Oc2ccc3ccccc3c2)nc(NN)n1. The Bertz CT molecular complexity index is 758. The molecule has 0 bridgehead atoms. The van der Waals surface area contributed by atoms with Crippen LogP contribution in [0.15, 0.2) is 48.5 Å². The molecule has 0 aliphatic carbocycles. The van der Waals surface area contributed by atoms with Crippen molar-refractivity contribution < 1.29 is 4.74 Å². The summed E-state index contributed by atoms with van der Waals surface area (Å²) >= 11 is 0. The van der Waals surface area contributed by atoms with Gasteiger partial charge in [0.2, 0.25) is 11.8 Å². The van der Waals surface area contributed by atoms with E-state index >= 15 is 0 Å². The van der Waals surface area contributed by atoms with Crippen molar-refractivity contribution >= 4 is 16.7 Å². The molecule has 3 N–H and O–H groups in total. The molecule has 2 aromatic carbocycles. The van der Waals surface area contributed by atoms with Crippen molar-refractivity contribution in [3.63, 3.8) is 0 Å². The summed E-state index contributed by atoms with van der Waals surface area (Å²) in [4.78, 5) is 8.27. The second-order valence-corrected chi connectivity index (χ2v) is 4.43. The number of aromatic nitrogens is 2. The van der Waals surface area contributed by atoms with E-state index in [2.05, 4.69) is 21.5 Å². The fraction of sp³-hybridized carbons (Fsp3) is 0.0667. The molecule has 0 saturated carbocycles. The molecule has 3 aromatic rings. The average Bonchev–Trinajstić information content (AvgIpc) is 2.46. The maximum Gasteiger partial charge on any atom is 0.240 e. The second-order valence-electron chi connectivity index (χ2n) is 4.43. The largest absolute Gasteiger partial charge is 0.439 e. The number of aryl methyl sites for hydroxylation is 1. The number of hydrogen-bond acceptors (Lipinski definition) is 5. The normalized spacial score (nSPS) is 10.5. The van der Waals surface area contributed by atoms with Crippen molar-refractivity contribution in [2.45, 2.75) is 6.92 Å². The summed E-state index contributed by atoms with van der Waals surface area (Å²) in [5, 5.41) is 2.29. The minimum Gasteiger partial charge on any atom is -0.439 e. The molecule has 0 aliphatic heterocycles. The van der Waals surface area contributed by atoms with Gasteiger partial charge in [0.15, 0.2) is 0 Å². The molecule has 0 amide bonds. The third-order valence-corrected chi connectivity index (χ3v) is 2.90. The van der Waals surface area contributed by atoms with Crippen LogP contribution in [0.25, 0.3) is 10.8 Å². The summed E-state index contributed by atoms with van der Waals surface area (Å²) in [7, 11) is 0. The Balaban J connectivity index is 1.94. The maximum absolute atomic E-state index is 5.76. The minimum absolute atomic E-state index is 0.334. The highest BCUT2D eigenvalue weighted by atomic mass is 16.5. The Labute approximate surface area is 116 Å². The highest BCUT2D eigenvalue weighted by Crippen LogP contribution is 2.25. The number of rotatable bonds is 3. The molecule has 5 nitrogen and oxygen atoms in total. The molecule has 0 unspecified atom stereocenters. The number of nitrogens with two attached hydrogens (primary N) is 1. The van der Waals surface area contributed by atoms with E-state index in [0.29, 0.717) is 11.8 Å². The van der Waals surface area contributed by atoms with E-state index in [1.165, 1.54) is 5.39 Å². The van der Waals surface area contributed by atoms with Crippen molar-refractivity contribution in [2.24, 2.45) is 5.84 Å². The van der Waals surface area contributed by atoms with Crippen LogP contribution in [-0.2, 0) is 0 Å². The number of ether oxygens (including phenoxy) is 1. The predicted octanol–water partition coefficient (Wildman–Crippen LogP) is 3.02. The number of anilines is 1. The fourth-order valence-corrected chi connectivity index (χ4v) is 2.01. The van der Waals surface area contributed by atoms with Gasteiger partial charge in [-0.05, 0) is 29.8 Å². The molecule has 5 heteroatoms. The fourth-order valence-electron chi connectivity index (χ4n) is 2.01. The highest BCUT2D eigenvalue weighted by Gasteiger charge is 2.04. The molecule has 0 aliphatic rings. The van der Waals surface area contributed by atoms with Gasteiger partial charge < -0.3 is 4.74 Å². The molecular formula is C15H14N4O. The van der Waals surface area contributed by atoms with Crippen LogP contribution in [0.4, 0.5) is 5.95 Å². The van der Waals surface area contributed by atoms with Crippen LogP contribution >= 0.6 is 0 Å². The molecule has 0 radical (unpaired) electrons. The van der Waals surface area contributed by atoms with Crippen LogP contribution in [0.5, 0.6) is 11.6 Å². The van der Waals surface area contributed by atoms with Crippen molar-refractivity contribution in [2.75, 3.05) is 5.43 Å². The van der Waals surface area contributed by atoms with Gasteiger partial charge in [-0.3, -0.25) is 5.43 Å². The first-order valence-electron chi connectivity index (χ1n) is 6.23. The lowest BCUT2D eigenvalue weighted by atomic mass is 10.1. The quantitative estimate of drug-likeness (QED) is 0.563. The monoisotopic (exact) mass is 266 g/mol. The first-order chi connectivity index (χ1) is 9.74. The Hall–Kier alpha value is -2.66.